The molecule has 0 aliphatic carbocycles. The highest BCUT2D eigenvalue weighted by Crippen LogP contribution is 2.21. The maximum absolute atomic E-state index is 12.3. The first-order valence-electron chi connectivity index (χ1n) is 7.11. The molecule has 0 saturated heterocycles. The van der Waals surface area contributed by atoms with E-state index < -0.39 is 0 Å². The fourth-order valence-corrected chi connectivity index (χ4v) is 2.04. The van der Waals surface area contributed by atoms with E-state index in [0.717, 1.165) is 0 Å². The number of pyridine rings is 1. The molecule has 1 heterocycles. The van der Waals surface area contributed by atoms with E-state index in [1.54, 1.807) is 30.3 Å². The fraction of sp³-hybridized carbons (Fsp3) is 0.235. The highest BCUT2D eigenvalue weighted by Gasteiger charge is 2.18. The summed E-state index contributed by atoms with van der Waals surface area (Å²) >= 11 is 6.02. The number of nitrogens with zero attached hydrogens (tertiary/aromatic N) is 1. The number of rotatable bonds is 3. The summed E-state index contributed by atoms with van der Waals surface area (Å²) in [5.41, 5.74) is 0.650. The highest BCUT2D eigenvalue weighted by molar-refractivity contribution is 6.33. The molecule has 2 aromatic rings. The molecule has 6 heteroatoms. The van der Waals surface area contributed by atoms with Crippen LogP contribution in [0.1, 0.15) is 41.6 Å². The second kappa shape index (κ2) is 6.79. The smallest absolute Gasteiger partial charge is 0.270 e. The number of hydrogen-bond acceptors (Lipinski definition) is 3. The number of benzene rings is 1. The average Bonchev–Trinajstić information content (AvgIpc) is 2.48. The summed E-state index contributed by atoms with van der Waals surface area (Å²) in [7, 11) is 0. The Kier molecular flexibility index (Phi) is 5.01. The van der Waals surface area contributed by atoms with Gasteiger partial charge < -0.3 is 10.6 Å². The zero-order valence-corrected chi connectivity index (χ0v) is 13.9. The molecule has 0 atom stereocenters. The van der Waals surface area contributed by atoms with E-state index in [9.17, 15) is 9.59 Å². The number of halogens is 1. The van der Waals surface area contributed by atoms with Crippen LogP contribution in [-0.4, -0.2) is 22.3 Å². The van der Waals surface area contributed by atoms with Gasteiger partial charge in [-0.2, -0.15) is 0 Å². The summed E-state index contributed by atoms with van der Waals surface area (Å²) in [5.74, 6) is -0.685. The summed E-state index contributed by atoms with van der Waals surface area (Å²) in [6.07, 6.45) is 1.43. The van der Waals surface area contributed by atoms with Crippen LogP contribution in [0.2, 0.25) is 5.02 Å². The molecule has 0 radical (unpaired) electrons. The van der Waals surface area contributed by atoms with Gasteiger partial charge in [0.15, 0.2) is 0 Å². The Balaban J connectivity index is 2.18. The molecule has 0 fully saturated rings. The van der Waals surface area contributed by atoms with Gasteiger partial charge in [0, 0.05) is 17.3 Å². The van der Waals surface area contributed by atoms with E-state index in [-0.39, 0.29) is 23.0 Å². The maximum Gasteiger partial charge on any atom is 0.270 e. The SMILES string of the molecule is CC(C)(C)NC(=O)c1cc(C(=O)Nc2ccccc2Cl)ccn1. The van der Waals surface area contributed by atoms with Crippen LogP contribution >= 0.6 is 11.6 Å². The number of carbonyl (C=O) groups excluding carboxylic acids is 2. The largest absolute Gasteiger partial charge is 0.346 e. The molecular weight excluding hydrogens is 314 g/mol. The van der Waals surface area contributed by atoms with Crippen molar-refractivity contribution >= 4 is 29.1 Å². The normalized spacial score (nSPS) is 11.0. The number of para-hydroxylation sites is 1. The molecule has 0 aliphatic rings. The van der Waals surface area contributed by atoms with Crippen molar-refractivity contribution in [2.45, 2.75) is 26.3 Å². The van der Waals surface area contributed by atoms with Crippen molar-refractivity contribution in [1.82, 2.24) is 10.3 Å². The fourth-order valence-electron chi connectivity index (χ4n) is 1.86. The molecule has 2 N–H and O–H groups in total. The number of carbonyl (C=O) groups is 2. The Morgan fingerprint density at radius 3 is 2.43 bits per heavy atom. The number of aromatic nitrogens is 1. The topological polar surface area (TPSA) is 71.1 Å². The standard InChI is InChI=1S/C17H18ClN3O2/c1-17(2,3)21-16(23)14-10-11(8-9-19-14)15(22)20-13-7-5-4-6-12(13)18/h4-10H,1-3H3,(H,20,22)(H,21,23). The van der Waals surface area contributed by atoms with Crippen molar-refractivity contribution in [1.29, 1.82) is 0 Å². The molecule has 5 nitrogen and oxygen atoms in total. The first-order chi connectivity index (χ1) is 10.8. The minimum atomic E-state index is -0.380. The Hall–Kier alpha value is -2.40. The Labute approximate surface area is 140 Å². The molecule has 0 spiro atoms. The second-order valence-corrected chi connectivity index (χ2v) is 6.48. The lowest BCUT2D eigenvalue weighted by Gasteiger charge is -2.20. The van der Waals surface area contributed by atoms with Gasteiger partial charge in [-0.1, -0.05) is 23.7 Å². The van der Waals surface area contributed by atoms with Gasteiger partial charge in [-0.25, -0.2) is 0 Å². The molecule has 1 aromatic heterocycles. The van der Waals surface area contributed by atoms with Gasteiger partial charge in [-0.3, -0.25) is 14.6 Å². The monoisotopic (exact) mass is 331 g/mol. The van der Waals surface area contributed by atoms with Crippen LogP contribution in [0.5, 0.6) is 0 Å². The van der Waals surface area contributed by atoms with Gasteiger partial charge in [0.05, 0.1) is 10.7 Å². The summed E-state index contributed by atoms with van der Waals surface area (Å²) in [6.45, 7) is 5.62. The summed E-state index contributed by atoms with van der Waals surface area (Å²) in [6, 6.07) is 9.93. The number of nitrogens with one attached hydrogen (secondary N) is 2. The second-order valence-electron chi connectivity index (χ2n) is 6.07. The van der Waals surface area contributed by atoms with Crippen LogP contribution in [-0.2, 0) is 0 Å². The van der Waals surface area contributed by atoms with Crippen LogP contribution < -0.4 is 10.6 Å². The minimum Gasteiger partial charge on any atom is -0.346 e. The van der Waals surface area contributed by atoms with Crippen molar-refractivity contribution in [2.24, 2.45) is 0 Å². The summed E-state index contributed by atoms with van der Waals surface area (Å²) < 4.78 is 0. The van der Waals surface area contributed by atoms with Gasteiger partial charge in [-0.15, -0.1) is 0 Å². The third kappa shape index (κ3) is 4.79. The molecule has 120 valence electrons. The van der Waals surface area contributed by atoms with E-state index >= 15 is 0 Å². The van der Waals surface area contributed by atoms with Gasteiger partial charge in [0.1, 0.15) is 5.69 Å². The number of amides is 2. The third-order valence-electron chi connectivity index (χ3n) is 2.87. The van der Waals surface area contributed by atoms with Gasteiger partial charge >= 0.3 is 0 Å². The van der Waals surface area contributed by atoms with E-state index in [1.165, 1.54) is 12.3 Å². The maximum atomic E-state index is 12.3. The molecule has 0 aliphatic heterocycles. The van der Waals surface area contributed by atoms with Crippen molar-refractivity contribution in [3.8, 4) is 0 Å². The van der Waals surface area contributed by atoms with Gasteiger partial charge in [0.25, 0.3) is 11.8 Å². The van der Waals surface area contributed by atoms with Gasteiger partial charge in [0.2, 0.25) is 0 Å². The first kappa shape index (κ1) is 17.0. The lowest BCUT2D eigenvalue weighted by Crippen LogP contribution is -2.41. The third-order valence-corrected chi connectivity index (χ3v) is 3.19. The van der Waals surface area contributed by atoms with E-state index in [4.69, 9.17) is 11.6 Å². The van der Waals surface area contributed by atoms with Crippen molar-refractivity contribution in [3.05, 3.63) is 58.9 Å². The zero-order valence-electron chi connectivity index (χ0n) is 13.2. The van der Waals surface area contributed by atoms with E-state index in [2.05, 4.69) is 15.6 Å². The molecule has 1 aromatic carbocycles. The molecule has 0 saturated carbocycles. The summed E-state index contributed by atoms with van der Waals surface area (Å²) in [4.78, 5) is 28.4. The van der Waals surface area contributed by atoms with E-state index in [1.807, 2.05) is 20.8 Å². The van der Waals surface area contributed by atoms with Crippen LogP contribution in [0.15, 0.2) is 42.6 Å². The molecular formula is C17H18ClN3O2. The molecule has 2 rings (SSSR count). The van der Waals surface area contributed by atoms with Crippen LogP contribution in [0, 0.1) is 0 Å². The molecule has 23 heavy (non-hydrogen) atoms. The van der Waals surface area contributed by atoms with Crippen molar-refractivity contribution < 1.29 is 9.59 Å². The predicted octanol–water partition coefficient (Wildman–Crippen LogP) is 3.52. The van der Waals surface area contributed by atoms with E-state index in [0.29, 0.717) is 16.3 Å². The number of anilines is 1. The quantitative estimate of drug-likeness (QED) is 0.904. The lowest BCUT2D eigenvalue weighted by molar-refractivity contribution is 0.0914. The Morgan fingerprint density at radius 2 is 1.78 bits per heavy atom. The first-order valence-corrected chi connectivity index (χ1v) is 7.48. The van der Waals surface area contributed by atoms with Crippen molar-refractivity contribution in [2.75, 3.05) is 5.32 Å². The average molecular weight is 332 g/mol. The molecule has 2 amide bonds. The van der Waals surface area contributed by atoms with Gasteiger partial charge in [-0.05, 0) is 45.0 Å². The molecule has 0 bridgehead atoms. The summed E-state index contributed by atoms with van der Waals surface area (Å²) in [5, 5.41) is 5.96. The highest BCUT2D eigenvalue weighted by atomic mass is 35.5. The Bertz CT molecular complexity index is 739. The number of hydrogen-bond donors (Lipinski definition) is 2. The van der Waals surface area contributed by atoms with Crippen LogP contribution in [0.3, 0.4) is 0 Å². The van der Waals surface area contributed by atoms with Crippen LogP contribution in [0.25, 0.3) is 0 Å². The van der Waals surface area contributed by atoms with Crippen LogP contribution in [0.4, 0.5) is 5.69 Å². The zero-order chi connectivity index (χ0) is 17.0. The lowest BCUT2D eigenvalue weighted by atomic mass is 10.1. The minimum absolute atomic E-state index is 0.187. The molecule has 0 unspecified atom stereocenters. The van der Waals surface area contributed by atoms with Crippen molar-refractivity contribution in [3.63, 3.8) is 0 Å². The Morgan fingerprint density at radius 1 is 1.09 bits per heavy atom. The predicted molar refractivity (Wildman–Crippen MR) is 90.9 cm³/mol.